The molecular weight excluding hydrogens is 564 g/mol. The summed E-state index contributed by atoms with van der Waals surface area (Å²) in [4.78, 5) is 13.2. The second-order valence-corrected chi connectivity index (χ2v) is 10.2. The first-order valence-corrected chi connectivity index (χ1v) is 13.1. The maximum atomic E-state index is 13.2. The van der Waals surface area contributed by atoms with Crippen molar-refractivity contribution >= 4 is 5.78 Å². The zero-order chi connectivity index (χ0) is 30.3. The van der Waals surface area contributed by atoms with Gasteiger partial charge in [0.1, 0.15) is 71.6 Å². The summed E-state index contributed by atoms with van der Waals surface area (Å²) in [5.74, 6) is -1.69. The molecule has 5 rings (SSSR count). The van der Waals surface area contributed by atoms with E-state index >= 15 is 0 Å². The lowest BCUT2D eigenvalue weighted by molar-refractivity contribution is -0.352. The zero-order valence-corrected chi connectivity index (χ0v) is 21.9. The summed E-state index contributed by atoms with van der Waals surface area (Å²) in [6, 6.07) is 10.6. The Balaban J connectivity index is 1.36. The zero-order valence-electron chi connectivity index (χ0n) is 21.9. The molecule has 12 atom stereocenters. The van der Waals surface area contributed by atoms with Crippen LogP contribution in [0.15, 0.2) is 42.5 Å². The van der Waals surface area contributed by atoms with E-state index in [1.807, 2.05) is 0 Å². The molecule has 3 aliphatic rings. The highest BCUT2D eigenvalue weighted by Gasteiger charge is 2.51. The predicted molar refractivity (Wildman–Crippen MR) is 135 cm³/mol. The summed E-state index contributed by atoms with van der Waals surface area (Å²) >= 11 is 0. The van der Waals surface area contributed by atoms with Gasteiger partial charge in [0.15, 0.2) is 18.5 Å². The summed E-state index contributed by atoms with van der Waals surface area (Å²) in [5.41, 5.74) is 0.234. The van der Waals surface area contributed by atoms with Gasteiger partial charge in [-0.1, -0.05) is 30.3 Å². The van der Waals surface area contributed by atoms with E-state index in [0.29, 0.717) is 5.56 Å². The Morgan fingerprint density at radius 3 is 2.07 bits per heavy atom. The van der Waals surface area contributed by atoms with Crippen molar-refractivity contribution in [3.05, 3.63) is 53.6 Å². The van der Waals surface area contributed by atoms with Crippen molar-refractivity contribution in [2.45, 2.75) is 73.6 Å². The summed E-state index contributed by atoms with van der Waals surface area (Å²) in [6.45, 7) is -1.56. The first-order chi connectivity index (χ1) is 20.0. The SMILES string of the molecule is O=C1c2c(O[C@@H]3O[C@H](CO)[C@@H](O[C@@H]4O[C@H](CO)[C@H](O)[C@H](O)[C@H]4O)[C@H](O)[C@H]3O)cc(O)cc2O[C@H](c2ccccc2)[C@@H]1O. The molecule has 15 heteroatoms. The van der Waals surface area contributed by atoms with Gasteiger partial charge >= 0.3 is 0 Å². The average Bonchev–Trinajstić information content (AvgIpc) is 2.98. The molecule has 0 radical (unpaired) electrons. The number of carbonyl (C=O) groups is 1. The van der Waals surface area contributed by atoms with Crippen molar-refractivity contribution in [3.63, 3.8) is 0 Å². The lowest BCUT2D eigenvalue weighted by atomic mass is 9.92. The van der Waals surface area contributed by atoms with Crippen LogP contribution in [0, 0.1) is 0 Å². The van der Waals surface area contributed by atoms with Crippen molar-refractivity contribution in [3.8, 4) is 17.2 Å². The molecule has 2 aromatic rings. The predicted octanol–water partition coefficient (Wildman–Crippen LogP) is -2.93. The third-order valence-electron chi connectivity index (χ3n) is 7.44. The number of rotatable bonds is 7. The van der Waals surface area contributed by atoms with E-state index < -0.39 is 98.4 Å². The number of Topliss-reactive ketones (excluding diaryl/α,β-unsaturated/α-hetero) is 1. The van der Waals surface area contributed by atoms with Gasteiger partial charge in [0.2, 0.25) is 12.1 Å². The molecule has 0 amide bonds. The molecule has 0 saturated carbocycles. The number of aliphatic hydroxyl groups excluding tert-OH is 8. The summed E-state index contributed by atoms with van der Waals surface area (Å²) in [7, 11) is 0. The van der Waals surface area contributed by atoms with Gasteiger partial charge in [0.25, 0.3) is 0 Å². The van der Waals surface area contributed by atoms with Gasteiger partial charge in [-0.2, -0.15) is 0 Å². The molecule has 0 bridgehead atoms. The fourth-order valence-corrected chi connectivity index (χ4v) is 5.16. The molecule has 9 N–H and O–H groups in total. The van der Waals surface area contributed by atoms with E-state index in [0.717, 1.165) is 12.1 Å². The minimum Gasteiger partial charge on any atom is -0.508 e. The molecule has 3 heterocycles. The fourth-order valence-electron chi connectivity index (χ4n) is 5.16. The van der Waals surface area contributed by atoms with E-state index in [1.165, 1.54) is 0 Å². The van der Waals surface area contributed by atoms with Crippen molar-refractivity contribution < 1.29 is 74.4 Å². The molecule has 0 unspecified atom stereocenters. The second-order valence-electron chi connectivity index (χ2n) is 10.2. The molecule has 2 aromatic carbocycles. The number of carbonyl (C=O) groups excluding carboxylic acids is 1. The van der Waals surface area contributed by atoms with Crippen LogP contribution in [0.5, 0.6) is 17.2 Å². The normalized spacial score (nSPS) is 38.4. The number of phenolic OH excluding ortho intramolecular Hbond substituents is 1. The van der Waals surface area contributed by atoms with Gasteiger partial charge < -0.3 is 69.6 Å². The molecule has 230 valence electrons. The van der Waals surface area contributed by atoms with Crippen LogP contribution in [0.4, 0.5) is 0 Å². The lowest BCUT2D eigenvalue weighted by Crippen LogP contribution is -2.65. The topological polar surface area (TPSA) is 245 Å². The highest BCUT2D eigenvalue weighted by atomic mass is 16.7. The number of phenols is 1. The monoisotopic (exact) mass is 596 g/mol. The Morgan fingerprint density at radius 2 is 1.40 bits per heavy atom. The number of aromatic hydroxyl groups is 1. The lowest BCUT2D eigenvalue weighted by Gasteiger charge is -2.46. The van der Waals surface area contributed by atoms with Crippen molar-refractivity contribution in [2.24, 2.45) is 0 Å². The summed E-state index contributed by atoms with van der Waals surface area (Å²) in [6.07, 6.45) is -19.6. The number of ether oxygens (including phenoxy) is 5. The third kappa shape index (κ3) is 5.57. The number of hydrogen-bond donors (Lipinski definition) is 9. The maximum Gasteiger partial charge on any atom is 0.229 e. The molecule has 2 fully saturated rings. The molecular formula is C27H32O15. The van der Waals surface area contributed by atoms with Crippen LogP contribution in [0.25, 0.3) is 0 Å². The second kappa shape index (κ2) is 12.4. The van der Waals surface area contributed by atoms with Crippen LogP contribution < -0.4 is 9.47 Å². The van der Waals surface area contributed by atoms with Crippen molar-refractivity contribution in [1.82, 2.24) is 0 Å². The van der Waals surface area contributed by atoms with Crippen LogP contribution in [-0.2, 0) is 14.2 Å². The first-order valence-electron chi connectivity index (χ1n) is 13.1. The van der Waals surface area contributed by atoms with Crippen LogP contribution in [-0.4, -0.2) is 132 Å². The van der Waals surface area contributed by atoms with Gasteiger partial charge in [0.05, 0.1) is 13.2 Å². The van der Waals surface area contributed by atoms with E-state index in [2.05, 4.69) is 0 Å². The molecule has 3 aliphatic heterocycles. The number of aliphatic hydroxyl groups is 8. The largest absolute Gasteiger partial charge is 0.508 e. The summed E-state index contributed by atoms with van der Waals surface area (Å²) in [5, 5.41) is 92.4. The van der Waals surface area contributed by atoms with E-state index in [4.69, 9.17) is 23.7 Å². The quantitative estimate of drug-likeness (QED) is 0.155. The number of fused-ring (bicyclic) bond motifs is 1. The Bertz CT molecular complexity index is 1240. The number of hydrogen-bond acceptors (Lipinski definition) is 15. The van der Waals surface area contributed by atoms with Crippen LogP contribution in [0.2, 0.25) is 0 Å². The van der Waals surface area contributed by atoms with E-state index in [1.54, 1.807) is 30.3 Å². The van der Waals surface area contributed by atoms with Crippen LogP contribution in [0.3, 0.4) is 0 Å². The van der Waals surface area contributed by atoms with Gasteiger partial charge in [-0.3, -0.25) is 4.79 Å². The smallest absolute Gasteiger partial charge is 0.229 e. The van der Waals surface area contributed by atoms with E-state index in [9.17, 15) is 50.8 Å². The Kier molecular flexibility index (Phi) is 8.98. The highest BCUT2D eigenvalue weighted by molar-refractivity contribution is 6.05. The third-order valence-corrected chi connectivity index (χ3v) is 7.44. The molecule has 42 heavy (non-hydrogen) atoms. The Morgan fingerprint density at radius 1 is 0.762 bits per heavy atom. The minimum atomic E-state index is -1.91. The van der Waals surface area contributed by atoms with Gasteiger partial charge in [0, 0.05) is 12.1 Å². The van der Waals surface area contributed by atoms with Gasteiger partial charge in [-0.05, 0) is 5.56 Å². The number of benzene rings is 2. The van der Waals surface area contributed by atoms with Crippen molar-refractivity contribution in [1.29, 1.82) is 0 Å². The van der Waals surface area contributed by atoms with Gasteiger partial charge in [-0.25, -0.2) is 0 Å². The standard InChI is InChI=1S/C27H32O15/c28-8-14-17(31)19(33)22(36)27(40-14)42-25-15(9-29)41-26(23(37)21(25)35)39-13-7-11(30)6-12-16(13)18(32)20(34)24(38-12)10-4-2-1-3-5-10/h1-7,14-15,17,19-31,33-37H,8-9H2/t14-,15-,17+,19+,20-,21-,22-,23-,24-,25-,26-,27+/m1/s1. The van der Waals surface area contributed by atoms with Crippen LogP contribution >= 0.6 is 0 Å². The molecule has 15 nitrogen and oxygen atoms in total. The van der Waals surface area contributed by atoms with Crippen molar-refractivity contribution in [2.75, 3.05) is 13.2 Å². The molecule has 0 spiro atoms. The molecule has 0 aromatic heterocycles. The molecule has 0 aliphatic carbocycles. The number of ketones is 1. The summed E-state index contributed by atoms with van der Waals surface area (Å²) < 4.78 is 27.9. The molecule has 2 saturated heterocycles. The maximum absolute atomic E-state index is 13.2. The Hall–Kier alpha value is -2.93. The van der Waals surface area contributed by atoms with E-state index in [-0.39, 0.29) is 17.1 Å². The Labute approximate surface area is 238 Å². The fraction of sp³-hybridized carbons (Fsp3) is 0.519. The minimum absolute atomic E-state index is 0.123. The van der Waals surface area contributed by atoms with Gasteiger partial charge in [-0.15, -0.1) is 0 Å². The highest BCUT2D eigenvalue weighted by Crippen LogP contribution is 2.43. The average molecular weight is 597 g/mol. The first kappa shape index (κ1) is 30.5. The van der Waals surface area contributed by atoms with Crippen LogP contribution in [0.1, 0.15) is 22.0 Å².